The number of rotatable bonds is 10. The van der Waals surface area contributed by atoms with Crippen molar-refractivity contribution in [1.82, 2.24) is 19.8 Å². The lowest BCUT2D eigenvalue weighted by Gasteiger charge is -2.27. The number of hydrogen-bond acceptors (Lipinski definition) is 5. The molecular formula is C22H33N5O. The molecule has 0 saturated carbocycles. The Morgan fingerprint density at radius 1 is 1.18 bits per heavy atom. The summed E-state index contributed by atoms with van der Waals surface area (Å²) in [6.07, 6.45) is 3.04. The smallest absolute Gasteiger partial charge is 0.257 e. The van der Waals surface area contributed by atoms with Crippen LogP contribution in [0.4, 0.5) is 5.95 Å². The summed E-state index contributed by atoms with van der Waals surface area (Å²) in [5.74, 6) is 0.614. The van der Waals surface area contributed by atoms with Crippen LogP contribution in [-0.2, 0) is 19.5 Å². The standard InChI is InChI=1S/C22H33N5O/c1-3-26(4-2)14-9-8-13-23-22-24-20-12-15-27(17-19(20)21(28)25-22)16-18-10-6-5-7-11-18/h5-7,10-11H,3-4,8-9,12-17H2,1-2H3,(H2,23,24,25,28). The molecule has 0 bridgehead atoms. The Kier molecular flexibility index (Phi) is 7.62. The Morgan fingerprint density at radius 2 is 1.96 bits per heavy atom. The minimum absolute atomic E-state index is 0.00611. The van der Waals surface area contributed by atoms with Crippen molar-refractivity contribution in [3.8, 4) is 0 Å². The van der Waals surface area contributed by atoms with E-state index in [1.807, 2.05) is 6.07 Å². The van der Waals surface area contributed by atoms with Crippen molar-refractivity contribution in [2.24, 2.45) is 0 Å². The van der Waals surface area contributed by atoms with Crippen LogP contribution in [0.3, 0.4) is 0 Å². The quantitative estimate of drug-likeness (QED) is 0.618. The minimum Gasteiger partial charge on any atom is -0.356 e. The van der Waals surface area contributed by atoms with Gasteiger partial charge in [0.05, 0.1) is 11.3 Å². The number of anilines is 1. The van der Waals surface area contributed by atoms with Crippen LogP contribution in [0.2, 0.25) is 0 Å². The van der Waals surface area contributed by atoms with Gasteiger partial charge in [0.2, 0.25) is 5.95 Å². The fraction of sp³-hybridized carbons (Fsp3) is 0.545. The van der Waals surface area contributed by atoms with Gasteiger partial charge in [-0.05, 0) is 38.0 Å². The molecule has 2 N–H and O–H groups in total. The SMILES string of the molecule is CCN(CC)CCCCNc1nc2c(c(=O)[nH]1)CN(Cc1ccccc1)CC2. The first kappa shape index (κ1) is 20.6. The van der Waals surface area contributed by atoms with E-state index in [9.17, 15) is 4.79 Å². The van der Waals surface area contributed by atoms with Crippen molar-refractivity contribution in [2.45, 2.75) is 46.2 Å². The second-order valence-corrected chi connectivity index (χ2v) is 7.45. The van der Waals surface area contributed by atoms with Crippen LogP contribution in [0, 0.1) is 0 Å². The van der Waals surface area contributed by atoms with Gasteiger partial charge in [-0.25, -0.2) is 4.98 Å². The summed E-state index contributed by atoms with van der Waals surface area (Å²) in [6, 6.07) is 10.4. The zero-order valence-corrected chi connectivity index (χ0v) is 17.2. The van der Waals surface area contributed by atoms with Gasteiger partial charge < -0.3 is 10.2 Å². The molecule has 0 fully saturated rings. The molecule has 0 unspecified atom stereocenters. The Bertz CT molecular complexity index is 785. The molecule has 0 radical (unpaired) electrons. The summed E-state index contributed by atoms with van der Waals surface area (Å²) in [5.41, 5.74) is 3.03. The summed E-state index contributed by atoms with van der Waals surface area (Å²) in [4.78, 5) is 24.9. The number of unbranched alkanes of at least 4 members (excludes halogenated alkanes) is 1. The highest BCUT2D eigenvalue weighted by Gasteiger charge is 2.21. The minimum atomic E-state index is -0.00611. The molecule has 1 aromatic heterocycles. The van der Waals surface area contributed by atoms with E-state index < -0.39 is 0 Å². The average Bonchev–Trinajstić information content (AvgIpc) is 2.72. The number of nitrogens with one attached hydrogen (secondary N) is 2. The molecule has 1 aliphatic heterocycles. The summed E-state index contributed by atoms with van der Waals surface area (Å²) in [6.45, 7) is 11.0. The molecule has 1 aliphatic rings. The van der Waals surface area contributed by atoms with E-state index in [0.29, 0.717) is 12.5 Å². The van der Waals surface area contributed by atoms with Crippen LogP contribution >= 0.6 is 0 Å². The van der Waals surface area contributed by atoms with Gasteiger partial charge in [-0.2, -0.15) is 0 Å². The maximum Gasteiger partial charge on any atom is 0.257 e. The lowest BCUT2D eigenvalue weighted by atomic mass is 10.1. The highest BCUT2D eigenvalue weighted by Crippen LogP contribution is 2.17. The van der Waals surface area contributed by atoms with E-state index in [2.05, 4.69) is 63.2 Å². The molecule has 2 heterocycles. The van der Waals surface area contributed by atoms with Crippen LogP contribution in [0.15, 0.2) is 35.1 Å². The predicted octanol–water partition coefficient (Wildman–Crippen LogP) is 2.86. The first-order valence-electron chi connectivity index (χ1n) is 10.5. The van der Waals surface area contributed by atoms with Gasteiger partial charge in [-0.1, -0.05) is 44.2 Å². The largest absolute Gasteiger partial charge is 0.356 e. The number of hydrogen-bond donors (Lipinski definition) is 2. The second-order valence-electron chi connectivity index (χ2n) is 7.45. The van der Waals surface area contributed by atoms with Crippen LogP contribution < -0.4 is 10.9 Å². The van der Waals surface area contributed by atoms with Crippen LogP contribution in [0.25, 0.3) is 0 Å². The molecule has 28 heavy (non-hydrogen) atoms. The average molecular weight is 384 g/mol. The van der Waals surface area contributed by atoms with Gasteiger partial charge >= 0.3 is 0 Å². The molecule has 1 aromatic carbocycles. The number of aromatic amines is 1. The maximum atomic E-state index is 12.6. The normalized spacial score (nSPS) is 14.2. The van der Waals surface area contributed by atoms with E-state index in [-0.39, 0.29) is 5.56 Å². The third kappa shape index (κ3) is 5.66. The topological polar surface area (TPSA) is 64.3 Å². The van der Waals surface area contributed by atoms with E-state index in [1.54, 1.807) is 0 Å². The van der Waals surface area contributed by atoms with E-state index >= 15 is 0 Å². The Balaban J connectivity index is 1.51. The lowest BCUT2D eigenvalue weighted by Crippen LogP contribution is -2.35. The molecule has 152 valence electrons. The van der Waals surface area contributed by atoms with E-state index in [1.165, 1.54) is 5.56 Å². The summed E-state index contributed by atoms with van der Waals surface area (Å²) >= 11 is 0. The number of fused-ring (bicyclic) bond motifs is 1. The molecule has 6 nitrogen and oxygen atoms in total. The van der Waals surface area contributed by atoms with Crippen molar-refractivity contribution >= 4 is 5.95 Å². The second kappa shape index (κ2) is 10.4. The first-order valence-corrected chi connectivity index (χ1v) is 10.5. The highest BCUT2D eigenvalue weighted by atomic mass is 16.1. The van der Waals surface area contributed by atoms with E-state index in [4.69, 9.17) is 0 Å². The van der Waals surface area contributed by atoms with Crippen molar-refractivity contribution in [3.05, 3.63) is 57.5 Å². The fourth-order valence-corrected chi connectivity index (χ4v) is 3.75. The van der Waals surface area contributed by atoms with Gasteiger partial charge in [0.25, 0.3) is 5.56 Å². The molecule has 0 atom stereocenters. The van der Waals surface area contributed by atoms with Crippen molar-refractivity contribution in [2.75, 3.05) is 38.0 Å². The van der Waals surface area contributed by atoms with Gasteiger partial charge in [-0.15, -0.1) is 0 Å². The maximum absolute atomic E-state index is 12.6. The van der Waals surface area contributed by atoms with Crippen LogP contribution in [0.5, 0.6) is 0 Å². The highest BCUT2D eigenvalue weighted by molar-refractivity contribution is 5.31. The van der Waals surface area contributed by atoms with Gasteiger partial charge in [0.1, 0.15) is 0 Å². The molecular weight excluding hydrogens is 350 g/mol. The number of nitrogens with zero attached hydrogens (tertiary/aromatic N) is 3. The van der Waals surface area contributed by atoms with E-state index in [0.717, 1.165) is 69.8 Å². The molecule has 0 aliphatic carbocycles. The monoisotopic (exact) mass is 383 g/mol. The summed E-state index contributed by atoms with van der Waals surface area (Å²) in [5, 5.41) is 3.30. The summed E-state index contributed by atoms with van der Waals surface area (Å²) < 4.78 is 0. The van der Waals surface area contributed by atoms with Crippen molar-refractivity contribution in [1.29, 1.82) is 0 Å². The number of H-pyrrole nitrogens is 1. The molecule has 0 saturated heterocycles. The Morgan fingerprint density at radius 3 is 2.71 bits per heavy atom. The fourth-order valence-electron chi connectivity index (χ4n) is 3.75. The van der Waals surface area contributed by atoms with Crippen LogP contribution in [-0.4, -0.2) is 52.5 Å². The predicted molar refractivity (Wildman–Crippen MR) is 115 cm³/mol. The van der Waals surface area contributed by atoms with Gasteiger partial charge in [0.15, 0.2) is 0 Å². The van der Waals surface area contributed by atoms with Crippen molar-refractivity contribution in [3.63, 3.8) is 0 Å². The van der Waals surface area contributed by atoms with Crippen molar-refractivity contribution < 1.29 is 0 Å². The third-order valence-corrected chi connectivity index (χ3v) is 5.48. The lowest BCUT2D eigenvalue weighted by molar-refractivity contribution is 0.242. The van der Waals surface area contributed by atoms with Crippen LogP contribution in [0.1, 0.15) is 43.5 Å². The third-order valence-electron chi connectivity index (χ3n) is 5.48. The van der Waals surface area contributed by atoms with Gasteiger partial charge in [0, 0.05) is 32.6 Å². The molecule has 6 heteroatoms. The Hall–Kier alpha value is -2.18. The summed E-state index contributed by atoms with van der Waals surface area (Å²) in [7, 11) is 0. The zero-order chi connectivity index (χ0) is 19.8. The van der Waals surface area contributed by atoms with Gasteiger partial charge in [-0.3, -0.25) is 14.7 Å². The number of benzene rings is 1. The molecule has 3 rings (SSSR count). The first-order chi connectivity index (χ1) is 13.7. The Labute approximate surface area is 168 Å². The molecule has 0 amide bonds. The zero-order valence-electron chi connectivity index (χ0n) is 17.2. The molecule has 0 spiro atoms. The molecule has 2 aromatic rings. The number of aromatic nitrogens is 2.